The fourth-order valence-corrected chi connectivity index (χ4v) is 2.25. The standard InChI is InChI=1S/C11H19NO3S/c13-10-7-9(16)8-12(10)6-4-2-1-3-5-11(14)15/h9,16H,1-8H2,(H,14,15). The zero-order valence-electron chi connectivity index (χ0n) is 9.39. The first kappa shape index (κ1) is 13.4. The molecule has 92 valence electrons. The van der Waals surface area contributed by atoms with Crippen LogP contribution in [0.2, 0.25) is 0 Å². The third kappa shape index (κ3) is 4.88. The highest BCUT2D eigenvalue weighted by Crippen LogP contribution is 2.16. The zero-order valence-corrected chi connectivity index (χ0v) is 10.3. The summed E-state index contributed by atoms with van der Waals surface area (Å²) in [6.45, 7) is 1.56. The summed E-state index contributed by atoms with van der Waals surface area (Å²) in [6.07, 6.45) is 4.43. The van der Waals surface area contributed by atoms with Crippen molar-refractivity contribution in [2.24, 2.45) is 0 Å². The minimum absolute atomic E-state index is 0.194. The number of rotatable bonds is 7. The summed E-state index contributed by atoms with van der Waals surface area (Å²) in [5.41, 5.74) is 0. The molecule has 5 heteroatoms. The van der Waals surface area contributed by atoms with Crippen LogP contribution in [0.5, 0.6) is 0 Å². The molecule has 4 nitrogen and oxygen atoms in total. The molecule has 1 atom stereocenters. The first-order valence-corrected chi connectivity index (χ1v) is 6.29. The third-order valence-corrected chi connectivity index (χ3v) is 3.11. The molecule has 16 heavy (non-hydrogen) atoms. The number of aliphatic carboxylic acids is 1. The van der Waals surface area contributed by atoms with Gasteiger partial charge in [-0.3, -0.25) is 9.59 Å². The van der Waals surface area contributed by atoms with E-state index in [1.165, 1.54) is 0 Å². The Balaban J connectivity index is 1.99. The van der Waals surface area contributed by atoms with Crippen molar-refractivity contribution >= 4 is 24.5 Å². The highest BCUT2D eigenvalue weighted by molar-refractivity contribution is 7.81. The molecule has 1 heterocycles. The van der Waals surface area contributed by atoms with Gasteiger partial charge >= 0.3 is 5.97 Å². The van der Waals surface area contributed by atoms with E-state index in [-0.39, 0.29) is 17.6 Å². The Morgan fingerprint density at radius 3 is 2.62 bits per heavy atom. The highest BCUT2D eigenvalue weighted by atomic mass is 32.1. The van der Waals surface area contributed by atoms with Gasteiger partial charge in [0.25, 0.3) is 0 Å². The lowest BCUT2D eigenvalue weighted by atomic mass is 10.1. The minimum Gasteiger partial charge on any atom is -0.481 e. The van der Waals surface area contributed by atoms with Crippen LogP contribution in [-0.4, -0.2) is 40.2 Å². The number of amides is 1. The predicted octanol–water partition coefficient (Wildman–Crippen LogP) is 1.55. The van der Waals surface area contributed by atoms with Gasteiger partial charge in [0.1, 0.15) is 0 Å². The van der Waals surface area contributed by atoms with E-state index in [2.05, 4.69) is 12.6 Å². The summed E-state index contributed by atoms with van der Waals surface area (Å²) in [7, 11) is 0. The summed E-state index contributed by atoms with van der Waals surface area (Å²) in [6, 6.07) is 0. The smallest absolute Gasteiger partial charge is 0.303 e. The molecule has 0 spiro atoms. The third-order valence-electron chi connectivity index (χ3n) is 2.76. The van der Waals surface area contributed by atoms with Gasteiger partial charge in [-0.05, 0) is 12.8 Å². The normalized spacial score (nSPS) is 20.4. The molecule has 0 aromatic rings. The largest absolute Gasteiger partial charge is 0.481 e. The number of carbonyl (C=O) groups excluding carboxylic acids is 1. The van der Waals surface area contributed by atoms with E-state index in [0.29, 0.717) is 6.42 Å². The number of unbranched alkanes of at least 4 members (excludes halogenated alkanes) is 3. The van der Waals surface area contributed by atoms with Crippen molar-refractivity contribution in [2.45, 2.75) is 43.8 Å². The van der Waals surface area contributed by atoms with Gasteiger partial charge < -0.3 is 10.0 Å². The van der Waals surface area contributed by atoms with Crippen molar-refractivity contribution in [3.05, 3.63) is 0 Å². The first-order valence-electron chi connectivity index (χ1n) is 5.77. The monoisotopic (exact) mass is 245 g/mol. The SMILES string of the molecule is O=C(O)CCCCCCN1CC(S)CC1=O. The van der Waals surface area contributed by atoms with Crippen LogP contribution in [0.15, 0.2) is 0 Å². The lowest BCUT2D eigenvalue weighted by molar-refractivity contribution is -0.137. The topological polar surface area (TPSA) is 57.6 Å². The number of hydrogen-bond donors (Lipinski definition) is 2. The number of carboxylic acids is 1. The van der Waals surface area contributed by atoms with Crippen molar-refractivity contribution < 1.29 is 14.7 Å². The second-order valence-corrected chi connectivity index (χ2v) is 4.99. The molecular weight excluding hydrogens is 226 g/mol. The van der Waals surface area contributed by atoms with Crippen LogP contribution >= 0.6 is 12.6 Å². The number of thiol groups is 1. The Bertz CT molecular complexity index is 258. The van der Waals surface area contributed by atoms with Gasteiger partial charge in [-0.2, -0.15) is 12.6 Å². The van der Waals surface area contributed by atoms with E-state index in [0.717, 1.165) is 38.8 Å². The van der Waals surface area contributed by atoms with Crippen molar-refractivity contribution in [3.63, 3.8) is 0 Å². The molecule has 1 fully saturated rings. The summed E-state index contributed by atoms with van der Waals surface area (Å²) in [4.78, 5) is 23.5. The van der Waals surface area contributed by atoms with Crippen molar-refractivity contribution in [3.8, 4) is 0 Å². The number of carbonyl (C=O) groups is 2. The Hall–Kier alpha value is -0.710. The number of nitrogens with zero attached hydrogens (tertiary/aromatic N) is 1. The Morgan fingerprint density at radius 1 is 1.38 bits per heavy atom. The fourth-order valence-electron chi connectivity index (χ4n) is 1.90. The van der Waals surface area contributed by atoms with Crippen LogP contribution in [0.25, 0.3) is 0 Å². The van der Waals surface area contributed by atoms with Crippen LogP contribution in [0.3, 0.4) is 0 Å². The number of hydrogen-bond acceptors (Lipinski definition) is 3. The molecule has 1 aliphatic heterocycles. The van der Waals surface area contributed by atoms with Gasteiger partial charge in [-0.15, -0.1) is 0 Å². The molecule has 0 aliphatic carbocycles. The molecule has 0 aromatic carbocycles. The van der Waals surface area contributed by atoms with E-state index in [1.54, 1.807) is 0 Å². The van der Waals surface area contributed by atoms with Crippen molar-refractivity contribution in [1.82, 2.24) is 4.90 Å². The zero-order chi connectivity index (χ0) is 12.0. The molecule has 1 unspecified atom stereocenters. The van der Waals surface area contributed by atoms with Gasteiger partial charge in [0.2, 0.25) is 5.91 Å². The minimum atomic E-state index is -0.729. The van der Waals surface area contributed by atoms with Crippen molar-refractivity contribution in [1.29, 1.82) is 0 Å². The first-order chi connectivity index (χ1) is 7.59. The Morgan fingerprint density at radius 2 is 2.06 bits per heavy atom. The van der Waals surface area contributed by atoms with E-state index in [1.807, 2.05) is 4.90 Å². The molecule has 0 radical (unpaired) electrons. The summed E-state index contributed by atoms with van der Waals surface area (Å²) < 4.78 is 0. The molecule has 1 N–H and O–H groups in total. The van der Waals surface area contributed by atoms with Gasteiger partial charge in [-0.1, -0.05) is 12.8 Å². The van der Waals surface area contributed by atoms with E-state index < -0.39 is 5.97 Å². The second kappa shape index (κ2) is 6.78. The Labute approximate surface area is 101 Å². The van der Waals surface area contributed by atoms with Gasteiger partial charge in [0, 0.05) is 31.2 Å². The van der Waals surface area contributed by atoms with Crippen LogP contribution < -0.4 is 0 Å². The highest BCUT2D eigenvalue weighted by Gasteiger charge is 2.26. The molecule has 1 rings (SSSR count). The lowest BCUT2D eigenvalue weighted by Gasteiger charge is -2.15. The van der Waals surface area contributed by atoms with E-state index >= 15 is 0 Å². The van der Waals surface area contributed by atoms with Gasteiger partial charge in [0.05, 0.1) is 0 Å². The lowest BCUT2D eigenvalue weighted by Crippen LogP contribution is -2.26. The maximum atomic E-state index is 11.4. The van der Waals surface area contributed by atoms with Crippen LogP contribution in [0.1, 0.15) is 38.5 Å². The average molecular weight is 245 g/mol. The molecule has 1 saturated heterocycles. The van der Waals surface area contributed by atoms with E-state index in [9.17, 15) is 9.59 Å². The number of carboxylic acid groups (broad SMARTS) is 1. The molecule has 0 saturated carbocycles. The maximum Gasteiger partial charge on any atom is 0.303 e. The van der Waals surface area contributed by atoms with Crippen molar-refractivity contribution in [2.75, 3.05) is 13.1 Å². The average Bonchev–Trinajstić information content (AvgIpc) is 2.50. The predicted molar refractivity (Wildman–Crippen MR) is 64.7 cm³/mol. The molecule has 1 amide bonds. The quantitative estimate of drug-likeness (QED) is 0.528. The van der Waals surface area contributed by atoms with Crippen LogP contribution in [-0.2, 0) is 9.59 Å². The maximum absolute atomic E-state index is 11.4. The summed E-state index contributed by atoms with van der Waals surface area (Å²) in [5.74, 6) is -0.529. The van der Waals surface area contributed by atoms with Crippen LogP contribution in [0, 0.1) is 0 Å². The van der Waals surface area contributed by atoms with Crippen LogP contribution in [0.4, 0.5) is 0 Å². The fraction of sp³-hybridized carbons (Fsp3) is 0.818. The molecular formula is C11H19NO3S. The van der Waals surface area contributed by atoms with Gasteiger partial charge in [-0.25, -0.2) is 0 Å². The van der Waals surface area contributed by atoms with E-state index in [4.69, 9.17) is 5.11 Å². The Kier molecular flexibility index (Phi) is 5.66. The molecule has 1 aliphatic rings. The summed E-state index contributed by atoms with van der Waals surface area (Å²) >= 11 is 4.28. The summed E-state index contributed by atoms with van der Waals surface area (Å²) in [5, 5.41) is 8.64. The molecule has 0 aromatic heterocycles. The molecule has 0 bridgehead atoms. The van der Waals surface area contributed by atoms with Gasteiger partial charge in [0.15, 0.2) is 0 Å². The number of likely N-dealkylation sites (tertiary alicyclic amines) is 1. The second-order valence-electron chi connectivity index (χ2n) is 4.26.